The van der Waals surface area contributed by atoms with Crippen LogP contribution in [0.15, 0.2) is 73.3 Å². The van der Waals surface area contributed by atoms with Crippen molar-refractivity contribution in [1.82, 2.24) is 24.5 Å². The zero-order valence-corrected chi connectivity index (χ0v) is 22.0. The van der Waals surface area contributed by atoms with E-state index in [-0.39, 0.29) is 17.3 Å². The van der Waals surface area contributed by atoms with Gasteiger partial charge < -0.3 is 14.9 Å². The number of anilines is 1. The molecule has 1 N–H and O–H groups in total. The highest BCUT2D eigenvalue weighted by Crippen LogP contribution is 2.35. The standard InChI is InChI=1S/C30H29FN6O2/c1-30(2,3)27-18-35(29(38)39)12-13-36(27)26-10-9-19(14-24(26)31)20-15-33-28-23(16-34-37(28)17-20)21-6-4-8-25-22(21)7-5-11-32-25/h4-11,14-17,27H,12-13,18H2,1-3H3,(H,38,39). The highest BCUT2D eigenvalue weighted by Gasteiger charge is 2.38. The summed E-state index contributed by atoms with van der Waals surface area (Å²) in [5, 5.41) is 15.1. The molecule has 0 bridgehead atoms. The minimum absolute atomic E-state index is 0.160. The zero-order chi connectivity index (χ0) is 27.3. The van der Waals surface area contributed by atoms with E-state index in [2.05, 4.69) is 30.9 Å². The molecule has 0 aliphatic carbocycles. The molecule has 9 heteroatoms. The van der Waals surface area contributed by atoms with Crippen LogP contribution in [0, 0.1) is 11.2 Å². The molecule has 1 amide bonds. The summed E-state index contributed by atoms with van der Waals surface area (Å²) < 4.78 is 17.3. The molecule has 6 rings (SSSR count). The number of hydrogen-bond donors (Lipinski definition) is 1. The Labute approximate surface area is 225 Å². The van der Waals surface area contributed by atoms with Gasteiger partial charge in [-0.15, -0.1) is 0 Å². The minimum atomic E-state index is -0.943. The average Bonchev–Trinajstić information content (AvgIpc) is 3.35. The summed E-state index contributed by atoms with van der Waals surface area (Å²) >= 11 is 0. The lowest BCUT2D eigenvalue weighted by molar-refractivity contribution is 0.118. The Bertz CT molecular complexity index is 1700. The van der Waals surface area contributed by atoms with Crippen molar-refractivity contribution in [2.24, 2.45) is 5.41 Å². The van der Waals surface area contributed by atoms with Gasteiger partial charge in [-0.1, -0.05) is 45.0 Å². The van der Waals surface area contributed by atoms with Gasteiger partial charge in [0.25, 0.3) is 0 Å². The summed E-state index contributed by atoms with van der Waals surface area (Å²) in [6.07, 6.45) is 6.22. The van der Waals surface area contributed by atoms with Crippen LogP contribution in [0.2, 0.25) is 0 Å². The summed E-state index contributed by atoms with van der Waals surface area (Å²) in [5.41, 5.74) is 5.17. The Morgan fingerprint density at radius 2 is 1.85 bits per heavy atom. The van der Waals surface area contributed by atoms with Gasteiger partial charge in [-0.05, 0) is 40.8 Å². The molecule has 0 saturated carbocycles. The number of piperazine rings is 1. The lowest BCUT2D eigenvalue weighted by atomic mass is 9.83. The number of hydrogen-bond acceptors (Lipinski definition) is 5. The van der Waals surface area contributed by atoms with Gasteiger partial charge in [0.15, 0.2) is 5.65 Å². The maximum Gasteiger partial charge on any atom is 0.407 e. The Morgan fingerprint density at radius 1 is 1.00 bits per heavy atom. The number of rotatable bonds is 3. The van der Waals surface area contributed by atoms with E-state index in [9.17, 15) is 9.90 Å². The lowest BCUT2D eigenvalue weighted by Crippen LogP contribution is -2.59. The molecule has 3 aromatic heterocycles. The van der Waals surface area contributed by atoms with Crippen molar-refractivity contribution in [2.75, 3.05) is 24.5 Å². The van der Waals surface area contributed by atoms with Crippen LogP contribution in [-0.4, -0.2) is 61.4 Å². The van der Waals surface area contributed by atoms with Crippen LogP contribution in [0.3, 0.4) is 0 Å². The van der Waals surface area contributed by atoms with Crippen LogP contribution in [0.25, 0.3) is 38.8 Å². The normalized spacial score (nSPS) is 16.3. The number of fused-ring (bicyclic) bond motifs is 2. The highest BCUT2D eigenvalue weighted by molar-refractivity contribution is 5.97. The summed E-state index contributed by atoms with van der Waals surface area (Å²) in [4.78, 5) is 24.1. The molecular formula is C30H29FN6O2. The first-order chi connectivity index (χ1) is 18.7. The molecule has 1 aliphatic rings. The van der Waals surface area contributed by atoms with Crippen LogP contribution in [-0.2, 0) is 0 Å². The topological polar surface area (TPSA) is 86.9 Å². The number of pyridine rings is 1. The molecule has 1 fully saturated rings. The SMILES string of the molecule is CC(C)(C)C1CN(C(=O)O)CCN1c1ccc(-c2cnc3c(-c4cccc5ncccc45)cnn3c2)cc1F. The van der Waals surface area contributed by atoms with Gasteiger partial charge in [-0.3, -0.25) is 4.98 Å². The summed E-state index contributed by atoms with van der Waals surface area (Å²) in [7, 11) is 0. The van der Waals surface area contributed by atoms with Crippen LogP contribution < -0.4 is 4.90 Å². The third kappa shape index (κ3) is 4.43. The number of carboxylic acid groups (broad SMARTS) is 1. The van der Waals surface area contributed by atoms with Crippen molar-refractivity contribution in [3.05, 3.63) is 79.1 Å². The summed E-state index contributed by atoms with van der Waals surface area (Å²) in [5.74, 6) is -0.352. The van der Waals surface area contributed by atoms with E-state index in [0.29, 0.717) is 36.5 Å². The number of nitrogens with zero attached hydrogens (tertiary/aromatic N) is 6. The molecule has 1 atom stereocenters. The summed E-state index contributed by atoms with van der Waals surface area (Å²) in [6, 6.07) is 14.9. The Kier molecular flexibility index (Phi) is 5.94. The maximum absolute atomic E-state index is 15.6. The van der Waals surface area contributed by atoms with Gasteiger partial charge in [0.1, 0.15) is 5.82 Å². The Balaban J connectivity index is 1.33. The Hall–Kier alpha value is -4.53. The first-order valence-corrected chi connectivity index (χ1v) is 12.9. The van der Waals surface area contributed by atoms with Gasteiger partial charge in [-0.25, -0.2) is 18.7 Å². The molecule has 39 heavy (non-hydrogen) atoms. The van der Waals surface area contributed by atoms with Gasteiger partial charge >= 0.3 is 6.09 Å². The molecule has 8 nitrogen and oxygen atoms in total. The number of amides is 1. The monoisotopic (exact) mass is 524 g/mol. The molecule has 2 aromatic carbocycles. The molecule has 0 radical (unpaired) electrons. The molecule has 1 unspecified atom stereocenters. The van der Waals surface area contributed by atoms with E-state index in [1.54, 1.807) is 29.2 Å². The first-order valence-electron chi connectivity index (χ1n) is 12.9. The molecule has 1 saturated heterocycles. The van der Waals surface area contributed by atoms with E-state index in [0.717, 1.165) is 27.6 Å². The number of carbonyl (C=O) groups is 1. The largest absolute Gasteiger partial charge is 0.465 e. The van der Waals surface area contributed by atoms with Crippen molar-refractivity contribution < 1.29 is 14.3 Å². The van der Waals surface area contributed by atoms with E-state index in [1.165, 1.54) is 11.0 Å². The average molecular weight is 525 g/mol. The van der Waals surface area contributed by atoms with Crippen LogP contribution in [0.1, 0.15) is 20.8 Å². The second kappa shape index (κ2) is 9.34. The second-order valence-corrected chi connectivity index (χ2v) is 11.0. The number of benzene rings is 2. The van der Waals surface area contributed by atoms with Gasteiger partial charge in [0.2, 0.25) is 0 Å². The second-order valence-electron chi connectivity index (χ2n) is 11.0. The number of aromatic nitrogens is 4. The van der Waals surface area contributed by atoms with Crippen LogP contribution in [0.5, 0.6) is 0 Å². The molecular weight excluding hydrogens is 495 g/mol. The quantitative estimate of drug-likeness (QED) is 0.313. The fourth-order valence-electron chi connectivity index (χ4n) is 5.46. The summed E-state index contributed by atoms with van der Waals surface area (Å²) in [6.45, 7) is 7.24. The number of halogens is 1. The van der Waals surface area contributed by atoms with Crippen molar-refractivity contribution in [2.45, 2.75) is 26.8 Å². The first kappa shape index (κ1) is 24.8. The lowest BCUT2D eigenvalue weighted by Gasteiger charge is -2.47. The zero-order valence-electron chi connectivity index (χ0n) is 22.0. The third-order valence-electron chi connectivity index (χ3n) is 7.53. The smallest absolute Gasteiger partial charge is 0.407 e. The van der Waals surface area contributed by atoms with Crippen LogP contribution >= 0.6 is 0 Å². The van der Waals surface area contributed by atoms with Crippen LogP contribution in [0.4, 0.5) is 14.9 Å². The predicted octanol–water partition coefficient (Wildman–Crippen LogP) is 5.97. The van der Waals surface area contributed by atoms with Crippen molar-refractivity contribution in [1.29, 1.82) is 0 Å². The predicted molar refractivity (Wildman–Crippen MR) is 149 cm³/mol. The van der Waals surface area contributed by atoms with Gasteiger partial charge in [0.05, 0.1) is 23.4 Å². The van der Waals surface area contributed by atoms with Gasteiger partial charge in [0, 0.05) is 54.7 Å². The van der Waals surface area contributed by atoms with E-state index >= 15 is 4.39 Å². The fraction of sp³-hybridized carbons (Fsp3) is 0.267. The fourth-order valence-corrected chi connectivity index (χ4v) is 5.46. The Morgan fingerprint density at radius 3 is 2.62 bits per heavy atom. The molecule has 4 heterocycles. The van der Waals surface area contributed by atoms with E-state index in [1.807, 2.05) is 47.5 Å². The molecule has 0 spiro atoms. The molecule has 198 valence electrons. The van der Waals surface area contributed by atoms with E-state index in [4.69, 9.17) is 4.98 Å². The van der Waals surface area contributed by atoms with E-state index < -0.39 is 6.09 Å². The highest BCUT2D eigenvalue weighted by atomic mass is 19.1. The van der Waals surface area contributed by atoms with Crippen molar-refractivity contribution in [3.63, 3.8) is 0 Å². The van der Waals surface area contributed by atoms with Crippen molar-refractivity contribution >= 4 is 28.3 Å². The maximum atomic E-state index is 15.6. The third-order valence-corrected chi connectivity index (χ3v) is 7.53. The minimum Gasteiger partial charge on any atom is -0.465 e. The van der Waals surface area contributed by atoms with Crippen molar-refractivity contribution in [3.8, 4) is 22.3 Å². The molecule has 5 aromatic rings. The molecule has 1 aliphatic heterocycles. The van der Waals surface area contributed by atoms with Gasteiger partial charge in [-0.2, -0.15) is 5.10 Å².